The van der Waals surface area contributed by atoms with Crippen LogP contribution in [0.1, 0.15) is 38.5 Å². The highest BCUT2D eigenvalue weighted by Crippen LogP contribution is 2.31. The van der Waals surface area contributed by atoms with Gasteiger partial charge in [0, 0.05) is 15.1 Å². The van der Waals surface area contributed by atoms with Crippen LogP contribution < -0.4 is 5.32 Å². The smallest absolute Gasteiger partial charge is 0.0249 e. The fraction of sp³-hybridized carbons (Fsp3) is 1.00. The van der Waals surface area contributed by atoms with Gasteiger partial charge in [-0.2, -0.15) is 0 Å². The van der Waals surface area contributed by atoms with Crippen LogP contribution >= 0.6 is 0 Å². The van der Waals surface area contributed by atoms with Gasteiger partial charge in [-0.3, -0.25) is 0 Å². The van der Waals surface area contributed by atoms with E-state index in [9.17, 15) is 0 Å². The molecule has 1 aliphatic carbocycles. The van der Waals surface area contributed by atoms with Crippen LogP contribution in [0.15, 0.2) is 0 Å². The number of rotatable bonds is 1. The summed E-state index contributed by atoms with van der Waals surface area (Å²) < 4.78 is 0. The maximum absolute atomic E-state index is 3.90. The fourth-order valence-electron chi connectivity index (χ4n) is 2.90. The first kappa shape index (κ1) is 8.97. The molecule has 12 heavy (non-hydrogen) atoms. The van der Waals surface area contributed by atoms with Gasteiger partial charge in [0.2, 0.25) is 0 Å². The zero-order valence-corrected chi connectivity index (χ0v) is 11.6. The summed E-state index contributed by atoms with van der Waals surface area (Å²) in [6.07, 6.45) is 9.08. The van der Waals surface area contributed by atoms with Crippen molar-refractivity contribution in [2.45, 2.75) is 50.2 Å². The van der Waals surface area contributed by atoms with Gasteiger partial charge in [-0.05, 0) is 47.0 Å². The molecule has 0 aromatic heterocycles. The van der Waals surface area contributed by atoms with E-state index in [0.29, 0.717) is 9.04 Å². The van der Waals surface area contributed by atoms with E-state index < -0.39 is 0 Å². The second-order valence-corrected chi connectivity index (χ2v) is 8.75. The molecule has 1 N–H and O–H groups in total. The van der Waals surface area contributed by atoms with E-state index in [1.54, 1.807) is 6.42 Å². The fourth-order valence-corrected chi connectivity index (χ4v) is 6.01. The standard InChI is InChI=1S/C9H21NSi2/c11-12-9-6-5-7-3-1-2-4-8(7)10-9/h7-10H,1-6,12H2,11H3. The van der Waals surface area contributed by atoms with Crippen molar-refractivity contribution in [1.29, 1.82) is 0 Å². The van der Waals surface area contributed by atoms with Crippen LogP contribution in [0.5, 0.6) is 0 Å². The lowest BCUT2D eigenvalue weighted by Crippen LogP contribution is -2.51. The molecular weight excluding hydrogens is 178 g/mol. The highest BCUT2D eigenvalue weighted by atomic mass is 29.1. The zero-order chi connectivity index (χ0) is 8.39. The lowest BCUT2D eigenvalue weighted by atomic mass is 9.79. The van der Waals surface area contributed by atoms with Crippen molar-refractivity contribution < 1.29 is 0 Å². The van der Waals surface area contributed by atoms with Gasteiger partial charge in [0.05, 0.1) is 0 Å². The molecular formula is C9H21NSi2. The maximum Gasteiger partial charge on any atom is 0.0249 e. The summed E-state index contributed by atoms with van der Waals surface area (Å²) in [6.45, 7) is 0. The average molecular weight is 199 g/mol. The Balaban J connectivity index is 1.90. The number of nitrogens with one attached hydrogen (secondary N) is 1. The molecule has 0 spiro atoms. The van der Waals surface area contributed by atoms with Gasteiger partial charge in [0.25, 0.3) is 0 Å². The van der Waals surface area contributed by atoms with Gasteiger partial charge in [-0.1, -0.05) is 12.8 Å². The first-order valence-corrected chi connectivity index (χ1v) is 12.1. The Morgan fingerprint density at radius 2 is 1.92 bits per heavy atom. The molecule has 0 aromatic rings. The van der Waals surface area contributed by atoms with E-state index in [1.165, 1.54) is 41.9 Å². The number of hydrogen-bond acceptors (Lipinski definition) is 1. The van der Waals surface area contributed by atoms with Crippen molar-refractivity contribution in [3.63, 3.8) is 0 Å². The summed E-state index contributed by atoms with van der Waals surface area (Å²) in [5, 5.41) is 3.90. The molecule has 1 saturated carbocycles. The molecule has 0 radical (unpaired) electrons. The van der Waals surface area contributed by atoms with E-state index in [-0.39, 0.29) is 0 Å². The molecule has 0 aromatic carbocycles. The summed E-state index contributed by atoms with van der Waals surface area (Å²) in [5.41, 5.74) is 1.04. The van der Waals surface area contributed by atoms with Gasteiger partial charge >= 0.3 is 0 Å². The lowest BCUT2D eigenvalue weighted by Gasteiger charge is -2.40. The van der Waals surface area contributed by atoms with Gasteiger partial charge in [-0.25, -0.2) is 0 Å². The quantitative estimate of drug-likeness (QED) is 0.572. The van der Waals surface area contributed by atoms with Crippen LogP contribution in [0.4, 0.5) is 0 Å². The highest BCUT2D eigenvalue weighted by molar-refractivity contribution is 6.90. The molecule has 2 fully saturated rings. The Morgan fingerprint density at radius 1 is 1.08 bits per heavy atom. The summed E-state index contributed by atoms with van der Waals surface area (Å²) >= 11 is 0. The predicted octanol–water partition coefficient (Wildman–Crippen LogP) is -0.296. The third-order valence-electron chi connectivity index (χ3n) is 3.74. The van der Waals surface area contributed by atoms with E-state index in [2.05, 4.69) is 5.32 Å². The monoisotopic (exact) mass is 199 g/mol. The minimum Gasteiger partial charge on any atom is -0.314 e. The molecule has 1 nitrogen and oxygen atoms in total. The van der Waals surface area contributed by atoms with Crippen LogP contribution in [0.3, 0.4) is 0 Å². The zero-order valence-electron chi connectivity index (χ0n) is 8.18. The van der Waals surface area contributed by atoms with Gasteiger partial charge in [0.15, 0.2) is 0 Å². The molecule has 1 heterocycles. The minimum absolute atomic E-state index is 0.349. The topological polar surface area (TPSA) is 12.0 Å². The molecule has 2 aliphatic rings. The van der Waals surface area contributed by atoms with Crippen LogP contribution in [0.2, 0.25) is 0 Å². The molecule has 2 rings (SSSR count). The normalized spacial score (nSPS) is 43.5. The highest BCUT2D eigenvalue weighted by Gasteiger charge is 2.30. The van der Waals surface area contributed by atoms with E-state index in [1.807, 2.05) is 0 Å². The summed E-state index contributed by atoms with van der Waals surface area (Å²) in [4.78, 5) is 0. The third-order valence-corrected chi connectivity index (χ3v) is 8.32. The van der Waals surface area contributed by atoms with E-state index in [4.69, 9.17) is 0 Å². The Kier molecular flexibility index (Phi) is 3.04. The van der Waals surface area contributed by atoms with Crippen LogP contribution in [-0.4, -0.2) is 30.5 Å². The van der Waals surface area contributed by atoms with Gasteiger partial charge in [0.1, 0.15) is 0 Å². The average Bonchev–Trinajstić information content (AvgIpc) is 2.17. The Morgan fingerprint density at radius 3 is 2.75 bits per heavy atom. The van der Waals surface area contributed by atoms with Gasteiger partial charge in [-0.15, -0.1) is 0 Å². The second-order valence-electron chi connectivity index (χ2n) is 4.50. The first-order chi connectivity index (χ1) is 5.90. The molecule has 3 heteroatoms. The SMILES string of the molecule is [SiH3][SiH2]C1CCC2CCCCC2N1. The van der Waals surface area contributed by atoms with Crippen molar-refractivity contribution in [3.8, 4) is 0 Å². The van der Waals surface area contributed by atoms with Crippen molar-refractivity contribution >= 4 is 18.8 Å². The van der Waals surface area contributed by atoms with Crippen molar-refractivity contribution in [3.05, 3.63) is 0 Å². The number of piperidine rings is 1. The molecule has 1 aliphatic heterocycles. The largest absolute Gasteiger partial charge is 0.314 e. The summed E-state index contributed by atoms with van der Waals surface area (Å²) in [5.74, 6) is 1.07. The summed E-state index contributed by atoms with van der Waals surface area (Å²) in [6, 6.07) is 0.943. The molecule has 1 saturated heterocycles. The molecule has 0 amide bonds. The Bertz CT molecular complexity index is 151. The predicted molar refractivity (Wildman–Crippen MR) is 60.4 cm³/mol. The van der Waals surface area contributed by atoms with Crippen molar-refractivity contribution in [2.75, 3.05) is 0 Å². The van der Waals surface area contributed by atoms with Crippen LogP contribution in [0.25, 0.3) is 0 Å². The lowest BCUT2D eigenvalue weighted by molar-refractivity contribution is 0.200. The molecule has 70 valence electrons. The first-order valence-electron chi connectivity index (χ1n) is 5.66. The Labute approximate surface area is 80.7 Å². The van der Waals surface area contributed by atoms with Crippen LogP contribution in [0, 0.1) is 5.92 Å². The van der Waals surface area contributed by atoms with E-state index in [0.717, 1.165) is 17.6 Å². The third kappa shape index (κ3) is 1.83. The minimum atomic E-state index is 0.349. The molecule has 0 bridgehead atoms. The van der Waals surface area contributed by atoms with Crippen LogP contribution in [-0.2, 0) is 0 Å². The molecule has 3 unspecified atom stereocenters. The van der Waals surface area contributed by atoms with Crippen molar-refractivity contribution in [1.82, 2.24) is 5.32 Å². The second kappa shape index (κ2) is 4.07. The summed E-state index contributed by atoms with van der Waals surface area (Å²) in [7, 11) is 1.86. The van der Waals surface area contributed by atoms with Crippen molar-refractivity contribution in [2.24, 2.45) is 5.92 Å². The van der Waals surface area contributed by atoms with Gasteiger partial charge < -0.3 is 5.32 Å². The molecule has 3 atom stereocenters. The number of fused-ring (bicyclic) bond motifs is 1. The van der Waals surface area contributed by atoms with E-state index >= 15 is 0 Å². The number of hydrogen-bond donors (Lipinski definition) is 1. The Hall–Kier alpha value is 0.394. The maximum atomic E-state index is 3.90.